The number of rotatable bonds is 3. The number of carbonyl (C=O) groups is 1. The first-order chi connectivity index (χ1) is 11.8. The zero-order chi connectivity index (χ0) is 16.5. The number of nitrogens with zero attached hydrogens (tertiary/aromatic N) is 3. The summed E-state index contributed by atoms with van der Waals surface area (Å²) in [6.07, 6.45) is 3.37. The largest absolute Gasteiger partial charge is 0.279 e. The van der Waals surface area contributed by atoms with Gasteiger partial charge in [-0.2, -0.15) is 0 Å². The van der Waals surface area contributed by atoms with Crippen LogP contribution in [0.15, 0.2) is 72.1 Å². The van der Waals surface area contributed by atoms with Crippen molar-refractivity contribution >= 4 is 39.5 Å². The van der Waals surface area contributed by atoms with Crippen molar-refractivity contribution in [2.45, 2.75) is 17.3 Å². The zero-order valence-electron chi connectivity index (χ0n) is 13.1. The summed E-state index contributed by atoms with van der Waals surface area (Å²) >= 11 is 1.37. The van der Waals surface area contributed by atoms with Crippen LogP contribution in [0.2, 0.25) is 0 Å². The van der Waals surface area contributed by atoms with Gasteiger partial charge in [0.15, 0.2) is 5.16 Å². The monoisotopic (exact) mass is 333 g/mol. The quantitative estimate of drug-likeness (QED) is 0.412. The van der Waals surface area contributed by atoms with Crippen molar-refractivity contribution in [1.82, 2.24) is 14.5 Å². The summed E-state index contributed by atoms with van der Waals surface area (Å²) in [7, 11) is 0. The average Bonchev–Trinajstić information content (AvgIpc) is 2.96. The van der Waals surface area contributed by atoms with E-state index < -0.39 is 0 Å². The maximum absolute atomic E-state index is 13.1. The molecular formula is C19H15N3OS. The average molecular weight is 333 g/mol. The molecule has 0 saturated carbocycles. The van der Waals surface area contributed by atoms with Crippen molar-refractivity contribution in [3.05, 3.63) is 67.0 Å². The summed E-state index contributed by atoms with van der Waals surface area (Å²) in [6, 6.07) is 17.8. The summed E-state index contributed by atoms with van der Waals surface area (Å²) in [5.74, 6) is 0.0323. The van der Waals surface area contributed by atoms with E-state index >= 15 is 0 Å². The highest BCUT2D eigenvalue weighted by atomic mass is 32.2. The number of hydrogen-bond donors (Lipinski definition) is 0. The molecule has 1 atom stereocenters. The third kappa shape index (κ3) is 2.47. The van der Waals surface area contributed by atoms with Crippen molar-refractivity contribution < 1.29 is 4.79 Å². The van der Waals surface area contributed by atoms with Gasteiger partial charge in [-0.25, -0.2) is 9.97 Å². The Kier molecular flexibility index (Phi) is 3.78. The van der Waals surface area contributed by atoms with Gasteiger partial charge in [-0.3, -0.25) is 9.36 Å². The summed E-state index contributed by atoms with van der Waals surface area (Å²) in [5, 5.41) is 2.51. The molecule has 4 rings (SSSR count). The molecule has 0 saturated heterocycles. The summed E-state index contributed by atoms with van der Waals surface area (Å²) in [5.41, 5.74) is 1.87. The fraction of sp³-hybridized carbons (Fsp3) is 0.105. The highest BCUT2D eigenvalue weighted by Gasteiger charge is 2.22. The Morgan fingerprint density at radius 2 is 1.46 bits per heavy atom. The van der Waals surface area contributed by atoms with Gasteiger partial charge in [-0.1, -0.05) is 48.2 Å². The standard InChI is InChI=1S/C19H15N3OS/c1-13(24-19-20-11-6-12-21-19)18(23)22-16-9-4-2-7-14(16)15-8-3-5-10-17(15)22/h2-13H,1H3/t13-/m1/s1. The molecule has 4 nitrogen and oxygen atoms in total. The fourth-order valence-corrected chi connectivity index (χ4v) is 3.66. The Morgan fingerprint density at radius 1 is 0.917 bits per heavy atom. The number of hydrogen-bond acceptors (Lipinski definition) is 4. The van der Waals surface area contributed by atoms with E-state index in [1.807, 2.05) is 47.9 Å². The van der Waals surface area contributed by atoms with Gasteiger partial charge in [0.2, 0.25) is 5.91 Å². The topological polar surface area (TPSA) is 47.8 Å². The first-order valence-electron chi connectivity index (χ1n) is 7.72. The van der Waals surface area contributed by atoms with E-state index in [2.05, 4.69) is 22.1 Å². The zero-order valence-corrected chi connectivity index (χ0v) is 13.9. The molecule has 2 heterocycles. The van der Waals surface area contributed by atoms with Gasteiger partial charge in [0.05, 0.1) is 16.3 Å². The first-order valence-corrected chi connectivity index (χ1v) is 8.60. The molecule has 0 aliphatic carbocycles. The smallest absolute Gasteiger partial charge is 0.244 e. The lowest BCUT2D eigenvalue weighted by Gasteiger charge is -2.12. The maximum atomic E-state index is 13.1. The van der Waals surface area contributed by atoms with Gasteiger partial charge in [-0.15, -0.1) is 0 Å². The third-order valence-corrected chi connectivity index (χ3v) is 4.95. The molecule has 4 aromatic rings. The van der Waals surface area contributed by atoms with Gasteiger partial charge in [0.25, 0.3) is 0 Å². The number of thioether (sulfide) groups is 1. The van der Waals surface area contributed by atoms with E-state index in [-0.39, 0.29) is 11.2 Å². The maximum Gasteiger partial charge on any atom is 0.244 e. The lowest BCUT2D eigenvalue weighted by atomic mass is 10.2. The Morgan fingerprint density at radius 3 is 2.04 bits per heavy atom. The van der Waals surface area contributed by atoms with Crippen LogP contribution >= 0.6 is 11.8 Å². The Bertz CT molecular complexity index is 973. The van der Waals surface area contributed by atoms with Gasteiger partial charge >= 0.3 is 0 Å². The number of para-hydroxylation sites is 2. The fourth-order valence-electron chi connectivity index (χ4n) is 2.90. The second kappa shape index (κ2) is 6.09. The molecule has 0 bridgehead atoms. The molecule has 0 aliphatic rings. The van der Waals surface area contributed by atoms with Gasteiger partial charge in [-0.05, 0) is 25.1 Å². The van der Waals surface area contributed by atoms with Crippen LogP contribution < -0.4 is 0 Å². The van der Waals surface area contributed by atoms with Gasteiger partial charge in [0, 0.05) is 23.2 Å². The van der Waals surface area contributed by atoms with Gasteiger partial charge < -0.3 is 0 Å². The predicted molar refractivity (Wildman–Crippen MR) is 97.4 cm³/mol. The molecule has 0 spiro atoms. The van der Waals surface area contributed by atoms with E-state index in [4.69, 9.17) is 0 Å². The Labute approximate surface area is 143 Å². The lowest BCUT2D eigenvalue weighted by molar-refractivity contribution is 0.0925. The molecule has 0 unspecified atom stereocenters. The predicted octanol–water partition coefficient (Wildman–Crippen LogP) is 4.41. The van der Waals surface area contributed by atoms with Crippen molar-refractivity contribution in [2.75, 3.05) is 0 Å². The molecule has 0 aliphatic heterocycles. The van der Waals surface area contributed by atoms with Crippen LogP contribution in [0.1, 0.15) is 11.7 Å². The SMILES string of the molecule is C[C@@H](Sc1ncccn1)C(=O)n1c2ccccc2c2ccccc21. The summed E-state index contributed by atoms with van der Waals surface area (Å²) < 4.78 is 1.81. The Balaban J connectivity index is 1.81. The molecule has 5 heteroatoms. The molecule has 0 fully saturated rings. The minimum absolute atomic E-state index is 0.0323. The molecule has 0 N–H and O–H groups in total. The van der Waals surface area contributed by atoms with Crippen LogP contribution in [0.25, 0.3) is 21.8 Å². The van der Waals surface area contributed by atoms with Crippen molar-refractivity contribution in [1.29, 1.82) is 0 Å². The van der Waals surface area contributed by atoms with E-state index in [9.17, 15) is 4.79 Å². The van der Waals surface area contributed by atoms with Crippen LogP contribution in [-0.2, 0) is 0 Å². The number of fused-ring (bicyclic) bond motifs is 3. The molecule has 0 radical (unpaired) electrons. The van der Waals surface area contributed by atoms with Crippen LogP contribution in [0.3, 0.4) is 0 Å². The van der Waals surface area contributed by atoms with Crippen LogP contribution in [0.4, 0.5) is 0 Å². The molecule has 2 aromatic heterocycles. The van der Waals surface area contributed by atoms with E-state index in [1.165, 1.54) is 11.8 Å². The number of carbonyl (C=O) groups excluding carboxylic acids is 1. The molecule has 2 aromatic carbocycles. The van der Waals surface area contributed by atoms with Crippen molar-refractivity contribution in [2.24, 2.45) is 0 Å². The van der Waals surface area contributed by atoms with E-state index in [0.29, 0.717) is 5.16 Å². The lowest BCUT2D eigenvalue weighted by Crippen LogP contribution is -2.21. The van der Waals surface area contributed by atoms with E-state index in [1.54, 1.807) is 18.5 Å². The molecule has 24 heavy (non-hydrogen) atoms. The van der Waals surface area contributed by atoms with Gasteiger partial charge in [0.1, 0.15) is 0 Å². The molecular weight excluding hydrogens is 318 g/mol. The van der Waals surface area contributed by atoms with Crippen LogP contribution in [-0.4, -0.2) is 25.7 Å². The van der Waals surface area contributed by atoms with Crippen molar-refractivity contribution in [3.63, 3.8) is 0 Å². The highest BCUT2D eigenvalue weighted by Crippen LogP contribution is 2.30. The second-order valence-corrected chi connectivity index (χ2v) is 6.81. The third-order valence-electron chi connectivity index (χ3n) is 3.97. The number of aromatic nitrogens is 3. The summed E-state index contributed by atoms with van der Waals surface area (Å²) in [6.45, 7) is 1.90. The minimum atomic E-state index is -0.286. The molecule has 118 valence electrons. The van der Waals surface area contributed by atoms with E-state index in [0.717, 1.165) is 21.8 Å². The minimum Gasteiger partial charge on any atom is -0.279 e. The van der Waals surface area contributed by atoms with Crippen LogP contribution in [0.5, 0.6) is 0 Å². The highest BCUT2D eigenvalue weighted by molar-refractivity contribution is 8.00. The molecule has 0 amide bonds. The Hall–Kier alpha value is -2.66. The second-order valence-electron chi connectivity index (χ2n) is 5.50. The van der Waals surface area contributed by atoms with Crippen molar-refractivity contribution in [3.8, 4) is 0 Å². The summed E-state index contributed by atoms with van der Waals surface area (Å²) in [4.78, 5) is 21.5. The number of benzene rings is 2. The van der Waals surface area contributed by atoms with Crippen LogP contribution in [0, 0.1) is 0 Å². The first kappa shape index (κ1) is 14.9. The normalized spacial score (nSPS) is 12.5.